The summed E-state index contributed by atoms with van der Waals surface area (Å²) in [6, 6.07) is 0. The Hall–Kier alpha value is -1.72. The van der Waals surface area contributed by atoms with Crippen molar-refractivity contribution >= 4 is 5.91 Å². The van der Waals surface area contributed by atoms with E-state index in [0.29, 0.717) is 5.91 Å². The van der Waals surface area contributed by atoms with Gasteiger partial charge in [-0.2, -0.15) is 5.21 Å². The van der Waals surface area contributed by atoms with E-state index in [2.05, 4.69) is 44.6 Å². The lowest BCUT2D eigenvalue weighted by atomic mass is 9.60. The molecule has 4 rings (SSSR count). The number of tetrazole rings is 1. The van der Waals surface area contributed by atoms with Crippen LogP contribution < -0.4 is 0 Å². The Labute approximate surface area is 124 Å². The molecule has 1 aromatic heterocycles. The summed E-state index contributed by atoms with van der Waals surface area (Å²) < 4.78 is 0. The molecule has 112 valence electrons. The summed E-state index contributed by atoms with van der Waals surface area (Å²) in [7, 11) is 0. The summed E-state index contributed by atoms with van der Waals surface area (Å²) in [4.78, 5) is 15.2. The van der Waals surface area contributed by atoms with Crippen LogP contribution in [0.3, 0.4) is 0 Å². The predicted octanol–water partition coefficient (Wildman–Crippen LogP) is 1.79. The van der Waals surface area contributed by atoms with Crippen molar-refractivity contribution in [2.24, 2.45) is 5.41 Å². The number of aromatic amines is 1. The van der Waals surface area contributed by atoms with Gasteiger partial charge in [0.25, 0.3) is 0 Å². The van der Waals surface area contributed by atoms with Gasteiger partial charge in [-0.3, -0.25) is 4.79 Å². The van der Waals surface area contributed by atoms with Crippen LogP contribution >= 0.6 is 0 Å². The molecule has 0 saturated heterocycles. The number of hydrogen-bond acceptors (Lipinski definition) is 4. The van der Waals surface area contributed by atoms with E-state index in [9.17, 15) is 4.79 Å². The van der Waals surface area contributed by atoms with E-state index in [1.807, 2.05) is 0 Å². The van der Waals surface area contributed by atoms with Crippen LogP contribution in [0.5, 0.6) is 0 Å². The molecule has 1 aliphatic heterocycles. The van der Waals surface area contributed by atoms with E-state index in [1.54, 1.807) is 0 Å². The van der Waals surface area contributed by atoms with Crippen LogP contribution in [-0.4, -0.2) is 43.5 Å². The van der Waals surface area contributed by atoms with Gasteiger partial charge >= 0.3 is 0 Å². The number of rotatable bonds is 2. The van der Waals surface area contributed by atoms with Gasteiger partial charge in [-0.15, -0.1) is 10.2 Å². The van der Waals surface area contributed by atoms with E-state index in [1.165, 1.54) is 6.42 Å². The molecule has 3 aliphatic rings. The molecule has 2 fully saturated rings. The Balaban J connectivity index is 1.49. The first-order valence-corrected chi connectivity index (χ1v) is 7.83. The van der Waals surface area contributed by atoms with Crippen LogP contribution in [0.1, 0.15) is 57.2 Å². The monoisotopic (exact) mass is 287 g/mol. The molecule has 21 heavy (non-hydrogen) atoms. The molecule has 6 heteroatoms. The van der Waals surface area contributed by atoms with Crippen molar-refractivity contribution in [1.82, 2.24) is 25.5 Å². The number of carbonyl (C=O) groups is 1. The normalized spacial score (nSPS) is 33.6. The first-order chi connectivity index (χ1) is 10.1. The van der Waals surface area contributed by atoms with Gasteiger partial charge in [0.15, 0.2) is 5.82 Å². The quantitative estimate of drug-likeness (QED) is 0.842. The lowest BCUT2D eigenvalue weighted by Gasteiger charge is -2.55. The van der Waals surface area contributed by atoms with Crippen LogP contribution in [0.25, 0.3) is 0 Å². The minimum absolute atomic E-state index is 0.131. The smallest absolute Gasteiger partial charge is 0.229 e. The zero-order valence-corrected chi connectivity index (χ0v) is 12.4. The summed E-state index contributed by atoms with van der Waals surface area (Å²) in [5.41, 5.74) is -0.120. The van der Waals surface area contributed by atoms with E-state index < -0.39 is 0 Å². The second-order valence-electron chi connectivity index (χ2n) is 7.11. The minimum Gasteiger partial charge on any atom is -0.333 e. The van der Waals surface area contributed by atoms with Crippen molar-refractivity contribution < 1.29 is 4.79 Å². The van der Waals surface area contributed by atoms with Crippen LogP contribution in [0, 0.1) is 5.41 Å². The van der Waals surface area contributed by atoms with Gasteiger partial charge < -0.3 is 4.90 Å². The highest BCUT2D eigenvalue weighted by atomic mass is 16.2. The molecule has 6 nitrogen and oxygen atoms in total. The molecular weight excluding hydrogens is 266 g/mol. The second-order valence-corrected chi connectivity index (χ2v) is 7.11. The maximum Gasteiger partial charge on any atom is 0.229 e. The highest BCUT2D eigenvalue weighted by Gasteiger charge is 2.54. The summed E-state index contributed by atoms with van der Waals surface area (Å²) >= 11 is 0. The van der Waals surface area contributed by atoms with Crippen molar-refractivity contribution in [2.75, 3.05) is 6.54 Å². The van der Waals surface area contributed by atoms with Crippen molar-refractivity contribution in [3.05, 3.63) is 18.0 Å². The molecule has 0 aromatic carbocycles. The van der Waals surface area contributed by atoms with E-state index in [-0.39, 0.29) is 16.9 Å². The highest BCUT2D eigenvalue weighted by Crippen LogP contribution is 2.53. The van der Waals surface area contributed by atoms with Crippen LogP contribution in [-0.2, 0) is 4.79 Å². The van der Waals surface area contributed by atoms with Gasteiger partial charge in [0.2, 0.25) is 5.91 Å². The maximum absolute atomic E-state index is 13.1. The van der Waals surface area contributed by atoms with Crippen LogP contribution in [0.2, 0.25) is 0 Å². The Kier molecular flexibility index (Phi) is 2.71. The average Bonchev–Trinajstić information content (AvgIpc) is 2.95. The van der Waals surface area contributed by atoms with Gasteiger partial charge in [0.1, 0.15) is 0 Å². The van der Waals surface area contributed by atoms with Crippen molar-refractivity contribution in [1.29, 1.82) is 0 Å². The van der Waals surface area contributed by atoms with Crippen LogP contribution in [0.4, 0.5) is 0 Å². The molecule has 1 aromatic rings. The van der Waals surface area contributed by atoms with Crippen molar-refractivity contribution in [3.8, 4) is 0 Å². The number of amides is 1. The van der Waals surface area contributed by atoms with Crippen molar-refractivity contribution in [3.63, 3.8) is 0 Å². The zero-order chi connectivity index (χ0) is 14.5. The zero-order valence-electron chi connectivity index (χ0n) is 12.4. The molecule has 2 saturated carbocycles. The molecule has 0 unspecified atom stereocenters. The lowest BCUT2D eigenvalue weighted by Crippen LogP contribution is -2.62. The Morgan fingerprint density at radius 1 is 1.38 bits per heavy atom. The first kappa shape index (κ1) is 13.0. The fraction of sp³-hybridized carbons (Fsp3) is 0.733. The SMILES string of the molecule is CC1(C(=O)N2CC=CCC23CCC3)CC(c2nn[nH]n2)C1. The molecule has 0 radical (unpaired) electrons. The second kappa shape index (κ2) is 4.39. The fourth-order valence-electron chi connectivity index (χ4n) is 4.20. The maximum atomic E-state index is 13.1. The molecule has 0 bridgehead atoms. The number of hydrogen-bond donors (Lipinski definition) is 1. The van der Waals surface area contributed by atoms with Crippen molar-refractivity contribution in [2.45, 2.75) is 56.9 Å². The summed E-state index contributed by atoms with van der Waals surface area (Å²) in [5, 5.41) is 14.2. The highest BCUT2D eigenvalue weighted by molar-refractivity contribution is 5.85. The van der Waals surface area contributed by atoms with Gasteiger partial charge in [-0.25, -0.2) is 0 Å². The number of nitrogens with one attached hydrogen (secondary N) is 1. The molecule has 2 heterocycles. The van der Waals surface area contributed by atoms with Gasteiger partial charge in [-0.05, 0) is 38.5 Å². The van der Waals surface area contributed by atoms with E-state index in [0.717, 1.165) is 44.5 Å². The molecule has 1 N–H and O–H groups in total. The number of aromatic nitrogens is 4. The predicted molar refractivity (Wildman–Crippen MR) is 76.3 cm³/mol. The Morgan fingerprint density at radius 3 is 2.81 bits per heavy atom. The number of carbonyl (C=O) groups excluding carboxylic acids is 1. The fourth-order valence-corrected chi connectivity index (χ4v) is 4.20. The topological polar surface area (TPSA) is 74.8 Å². The number of H-pyrrole nitrogens is 1. The molecule has 0 atom stereocenters. The van der Waals surface area contributed by atoms with Gasteiger partial charge in [0, 0.05) is 23.4 Å². The van der Waals surface area contributed by atoms with Gasteiger partial charge in [0.05, 0.1) is 0 Å². The standard InChI is InChI=1S/C15H21N5O/c1-14(9-11(10-14)12-16-18-19-17-12)13(21)20-8-3-2-5-15(20)6-4-7-15/h2-3,11H,4-10H2,1H3,(H,16,17,18,19). The third kappa shape index (κ3) is 1.84. The molecule has 1 amide bonds. The third-order valence-electron chi connectivity index (χ3n) is 5.69. The summed E-state index contributed by atoms with van der Waals surface area (Å²) in [5.74, 6) is 1.35. The van der Waals surface area contributed by atoms with E-state index >= 15 is 0 Å². The lowest BCUT2D eigenvalue weighted by molar-refractivity contribution is -0.157. The minimum atomic E-state index is -0.251. The Bertz CT molecular complexity index is 569. The average molecular weight is 287 g/mol. The van der Waals surface area contributed by atoms with Crippen LogP contribution in [0.15, 0.2) is 12.2 Å². The molecular formula is C15H21N5O. The summed E-state index contributed by atoms with van der Waals surface area (Å²) in [6.07, 6.45) is 10.7. The summed E-state index contributed by atoms with van der Waals surface area (Å²) in [6.45, 7) is 2.87. The molecule has 1 spiro atoms. The third-order valence-corrected chi connectivity index (χ3v) is 5.69. The number of nitrogens with zero attached hydrogens (tertiary/aromatic N) is 4. The Morgan fingerprint density at radius 2 is 2.19 bits per heavy atom. The first-order valence-electron chi connectivity index (χ1n) is 7.83. The van der Waals surface area contributed by atoms with Gasteiger partial charge in [-0.1, -0.05) is 24.3 Å². The molecule has 2 aliphatic carbocycles. The van der Waals surface area contributed by atoms with E-state index in [4.69, 9.17) is 0 Å². The largest absolute Gasteiger partial charge is 0.333 e.